The number of nitrogens with zero attached hydrogens (tertiary/aromatic N) is 2. The summed E-state index contributed by atoms with van der Waals surface area (Å²) < 4.78 is 10.5. The lowest BCUT2D eigenvalue weighted by Gasteiger charge is -2.04. The van der Waals surface area contributed by atoms with Crippen molar-refractivity contribution in [2.24, 2.45) is 4.99 Å². The number of benzene rings is 2. The van der Waals surface area contributed by atoms with Crippen molar-refractivity contribution in [3.8, 4) is 5.75 Å². The molecule has 1 heterocycles. The van der Waals surface area contributed by atoms with Gasteiger partial charge in [0.1, 0.15) is 5.75 Å². The topological polar surface area (TPSA) is 47.6 Å². The summed E-state index contributed by atoms with van der Waals surface area (Å²) in [6.45, 7) is 1.88. The highest BCUT2D eigenvalue weighted by Crippen LogP contribution is 2.23. The van der Waals surface area contributed by atoms with E-state index in [2.05, 4.69) is 10.1 Å². The smallest absolute Gasteiger partial charge is 0.162 e. The third kappa shape index (κ3) is 4.58. The lowest BCUT2D eigenvalue weighted by molar-refractivity contribution is 0.408. The van der Waals surface area contributed by atoms with E-state index in [0.29, 0.717) is 10.8 Å². The minimum atomic E-state index is 0.650. The molecular weight excluding hydrogens is 336 g/mol. The molecule has 4 nitrogen and oxygen atoms in total. The number of halogens is 1. The Bertz CT molecular complexity index is 894. The standard InChI is InChI=1S/C20H17ClN2O2/c1-14-11-19(25-23-14)12-20(16-5-9-18(24-2)10-6-16)22-13-15-3-7-17(21)8-4-15/h3-13H,1-2H3/b20-12-,22-13?. The highest BCUT2D eigenvalue weighted by molar-refractivity contribution is 6.30. The van der Waals surface area contributed by atoms with Gasteiger partial charge in [-0.25, -0.2) is 0 Å². The number of aliphatic imine (C=N–C) groups is 1. The van der Waals surface area contributed by atoms with Crippen LogP contribution in [0.25, 0.3) is 11.8 Å². The van der Waals surface area contributed by atoms with Crippen LogP contribution in [0.2, 0.25) is 5.02 Å². The number of methoxy groups -OCH3 is 1. The molecule has 0 aliphatic heterocycles. The molecule has 0 amide bonds. The second kappa shape index (κ2) is 7.81. The summed E-state index contributed by atoms with van der Waals surface area (Å²) in [5, 5.41) is 4.61. The van der Waals surface area contributed by atoms with E-state index in [0.717, 1.165) is 28.3 Å². The van der Waals surface area contributed by atoms with Crippen LogP contribution in [0, 0.1) is 6.92 Å². The number of hydrogen-bond donors (Lipinski definition) is 0. The molecule has 0 N–H and O–H groups in total. The Kier molecular flexibility index (Phi) is 5.31. The van der Waals surface area contributed by atoms with Gasteiger partial charge in [0, 0.05) is 28.9 Å². The molecular formula is C20H17ClN2O2. The molecule has 0 spiro atoms. The van der Waals surface area contributed by atoms with Crippen LogP contribution in [-0.2, 0) is 0 Å². The maximum Gasteiger partial charge on any atom is 0.162 e. The monoisotopic (exact) mass is 352 g/mol. The fourth-order valence-electron chi connectivity index (χ4n) is 2.24. The second-order valence-electron chi connectivity index (χ2n) is 5.44. The van der Waals surface area contributed by atoms with Gasteiger partial charge in [-0.3, -0.25) is 4.99 Å². The van der Waals surface area contributed by atoms with Crippen LogP contribution in [0.4, 0.5) is 0 Å². The summed E-state index contributed by atoms with van der Waals surface area (Å²) in [4.78, 5) is 4.62. The molecule has 3 rings (SSSR count). The average molecular weight is 353 g/mol. The molecule has 1 aromatic heterocycles. The van der Waals surface area contributed by atoms with Gasteiger partial charge in [0.25, 0.3) is 0 Å². The van der Waals surface area contributed by atoms with Crippen molar-refractivity contribution in [2.75, 3.05) is 7.11 Å². The average Bonchev–Trinajstić information content (AvgIpc) is 3.05. The fourth-order valence-corrected chi connectivity index (χ4v) is 2.36. The van der Waals surface area contributed by atoms with E-state index in [9.17, 15) is 0 Å². The zero-order valence-corrected chi connectivity index (χ0v) is 14.7. The lowest BCUT2D eigenvalue weighted by Crippen LogP contribution is -1.87. The van der Waals surface area contributed by atoms with Gasteiger partial charge in [-0.15, -0.1) is 0 Å². The predicted octanol–water partition coefficient (Wildman–Crippen LogP) is 5.26. The van der Waals surface area contributed by atoms with Crippen molar-refractivity contribution in [1.82, 2.24) is 5.16 Å². The third-order valence-electron chi connectivity index (χ3n) is 3.53. The van der Waals surface area contributed by atoms with E-state index in [1.807, 2.05) is 67.6 Å². The molecule has 5 heteroatoms. The summed E-state index contributed by atoms with van der Waals surface area (Å²) in [7, 11) is 1.64. The number of aromatic nitrogens is 1. The first-order chi connectivity index (χ1) is 12.1. The first-order valence-corrected chi connectivity index (χ1v) is 8.11. The molecule has 126 valence electrons. The molecule has 3 aromatic rings. The van der Waals surface area contributed by atoms with E-state index in [1.54, 1.807) is 13.3 Å². The van der Waals surface area contributed by atoms with Crippen molar-refractivity contribution in [3.05, 3.63) is 82.2 Å². The second-order valence-corrected chi connectivity index (χ2v) is 5.87. The predicted molar refractivity (Wildman–Crippen MR) is 101 cm³/mol. The Balaban J connectivity index is 1.95. The highest BCUT2D eigenvalue weighted by atomic mass is 35.5. The van der Waals surface area contributed by atoms with Crippen LogP contribution in [0.15, 0.2) is 64.1 Å². The van der Waals surface area contributed by atoms with Gasteiger partial charge in [0.15, 0.2) is 5.76 Å². The molecule has 0 saturated heterocycles. The number of hydrogen-bond acceptors (Lipinski definition) is 4. The van der Waals surface area contributed by atoms with Gasteiger partial charge in [-0.1, -0.05) is 28.9 Å². The van der Waals surface area contributed by atoms with Crippen molar-refractivity contribution >= 4 is 29.6 Å². The summed E-state index contributed by atoms with van der Waals surface area (Å²) in [6, 6.07) is 17.0. The van der Waals surface area contributed by atoms with Crippen molar-refractivity contribution in [1.29, 1.82) is 0 Å². The maximum atomic E-state index is 5.92. The SMILES string of the molecule is COc1ccc(/C(=C/c2cc(C)no2)N=Cc2ccc(Cl)cc2)cc1. The van der Waals surface area contributed by atoms with Crippen LogP contribution < -0.4 is 4.74 Å². The maximum absolute atomic E-state index is 5.92. The molecule has 0 unspecified atom stereocenters. The Morgan fingerprint density at radius 3 is 2.44 bits per heavy atom. The minimum Gasteiger partial charge on any atom is -0.497 e. The summed E-state index contributed by atoms with van der Waals surface area (Å²) in [5.41, 5.74) is 3.48. The molecule has 0 aliphatic carbocycles. The molecule has 0 fully saturated rings. The van der Waals surface area contributed by atoms with Crippen molar-refractivity contribution < 1.29 is 9.26 Å². The quantitative estimate of drug-likeness (QED) is 0.588. The van der Waals surface area contributed by atoms with Crippen LogP contribution in [0.1, 0.15) is 22.6 Å². The zero-order chi connectivity index (χ0) is 17.6. The largest absolute Gasteiger partial charge is 0.497 e. The number of aryl methyl sites for hydroxylation is 1. The normalized spacial score (nSPS) is 11.9. The van der Waals surface area contributed by atoms with Crippen LogP contribution in [-0.4, -0.2) is 18.5 Å². The third-order valence-corrected chi connectivity index (χ3v) is 3.79. The van der Waals surface area contributed by atoms with Crippen LogP contribution in [0.5, 0.6) is 5.75 Å². The Hall–Kier alpha value is -2.85. The van der Waals surface area contributed by atoms with Gasteiger partial charge in [-0.2, -0.15) is 0 Å². The number of rotatable bonds is 5. The van der Waals surface area contributed by atoms with E-state index in [1.165, 1.54) is 0 Å². The number of ether oxygens (including phenoxy) is 1. The molecule has 0 aliphatic rings. The lowest BCUT2D eigenvalue weighted by atomic mass is 10.1. The molecule has 0 saturated carbocycles. The Morgan fingerprint density at radius 2 is 1.84 bits per heavy atom. The Morgan fingerprint density at radius 1 is 1.12 bits per heavy atom. The summed E-state index contributed by atoms with van der Waals surface area (Å²) in [6.07, 6.45) is 3.64. The zero-order valence-electron chi connectivity index (χ0n) is 13.9. The first-order valence-electron chi connectivity index (χ1n) is 7.73. The summed E-state index contributed by atoms with van der Waals surface area (Å²) >= 11 is 5.92. The van der Waals surface area contributed by atoms with Crippen molar-refractivity contribution in [2.45, 2.75) is 6.92 Å². The van der Waals surface area contributed by atoms with E-state index in [4.69, 9.17) is 20.9 Å². The molecule has 0 atom stereocenters. The molecule has 0 radical (unpaired) electrons. The van der Waals surface area contributed by atoms with Gasteiger partial charge in [0.05, 0.1) is 18.5 Å². The minimum absolute atomic E-state index is 0.650. The van der Waals surface area contributed by atoms with Crippen LogP contribution in [0.3, 0.4) is 0 Å². The van der Waals surface area contributed by atoms with E-state index < -0.39 is 0 Å². The Labute approximate surface area is 151 Å². The molecule has 25 heavy (non-hydrogen) atoms. The van der Waals surface area contributed by atoms with Gasteiger partial charge in [0.2, 0.25) is 0 Å². The molecule has 2 aromatic carbocycles. The van der Waals surface area contributed by atoms with Crippen molar-refractivity contribution in [3.63, 3.8) is 0 Å². The first kappa shape index (κ1) is 17.0. The van der Waals surface area contributed by atoms with Gasteiger partial charge >= 0.3 is 0 Å². The highest BCUT2D eigenvalue weighted by Gasteiger charge is 2.04. The fraction of sp³-hybridized carbons (Fsp3) is 0.100. The van der Waals surface area contributed by atoms with E-state index in [-0.39, 0.29) is 0 Å². The van der Waals surface area contributed by atoms with Gasteiger partial charge < -0.3 is 9.26 Å². The van der Waals surface area contributed by atoms with Gasteiger partial charge in [-0.05, 0) is 48.9 Å². The summed E-state index contributed by atoms with van der Waals surface area (Å²) in [5.74, 6) is 1.44. The molecule has 0 bridgehead atoms. The van der Waals surface area contributed by atoms with Crippen LogP contribution >= 0.6 is 11.6 Å². The van der Waals surface area contributed by atoms with E-state index >= 15 is 0 Å².